The summed E-state index contributed by atoms with van der Waals surface area (Å²) in [6.07, 6.45) is 0. The molecule has 1 aromatic rings. The number of halogens is 2. The highest BCUT2D eigenvalue weighted by atomic mass is 79.9. The normalized spacial score (nSPS) is 29.9. The minimum absolute atomic E-state index is 0.0377. The topological polar surface area (TPSA) is 29.1 Å². The lowest BCUT2D eigenvalue weighted by Crippen LogP contribution is -2.26. The summed E-state index contributed by atoms with van der Waals surface area (Å²) in [6.45, 7) is 2.94. The maximum Gasteiger partial charge on any atom is 0.124 e. The molecular formula is C12H15BrFNOS. The van der Waals surface area contributed by atoms with E-state index in [-0.39, 0.29) is 11.9 Å². The number of nitrogens with one attached hydrogen (secondary N) is 1. The van der Waals surface area contributed by atoms with Gasteiger partial charge in [0.2, 0.25) is 0 Å². The van der Waals surface area contributed by atoms with Gasteiger partial charge in [0, 0.05) is 32.8 Å². The van der Waals surface area contributed by atoms with E-state index in [1.54, 1.807) is 6.07 Å². The first-order valence-electron chi connectivity index (χ1n) is 5.59. The predicted octanol–water partition coefficient (Wildman–Crippen LogP) is 2.62. The van der Waals surface area contributed by atoms with E-state index >= 15 is 0 Å². The molecule has 0 radical (unpaired) electrons. The molecule has 1 N–H and O–H groups in total. The third-order valence-corrected chi connectivity index (χ3v) is 5.21. The SMILES string of the molecule is CC1CNC(c2ccc(F)cc2Br)CS(=O)C1. The second-order valence-corrected chi connectivity index (χ2v) is 6.91. The highest BCUT2D eigenvalue weighted by molar-refractivity contribution is 9.10. The summed E-state index contributed by atoms with van der Waals surface area (Å²) < 4.78 is 25.6. The van der Waals surface area contributed by atoms with Gasteiger partial charge in [-0.25, -0.2) is 4.39 Å². The molecule has 0 amide bonds. The van der Waals surface area contributed by atoms with Crippen LogP contribution in [0.3, 0.4) is 0 Å². The molecule has 0 aromatic heterocycles. The lowest BCUT2D eigenvalue weighted by Gasteiger charge is -2.17. The molecule has 0 saturated carbocycles. The van der Waals surface area contributed by atoms with E-state index in [1.807, 2.05) is 0 Å². The van der Waals surface area contributed by atoms with E-state index in [1.165, 1.54) is 12.1 Å². The van der Waals surface area contributed by atoms with Gasteiger partial charge in [-0.2, -0.15) is 0 Å². The van der Waals surface area contributed by atoms with E-state index in [2.05, 4.69) is 28.2 Å². The zero-order valence-electron chi connectivity index (χ0n) is 9.58. The summed E-state index contributed by atoms with van der Waals surface area (Å²) in [6, 6.07) is 4.69. The molecule has 1 aliphatic heterocycles. The Labute approximate surface area is 112 Å². The molecule has 2 rings (SSSR count). The molecule has 0 spiro atoms. The number of hydrogen-bond acceptors (Lipinski definition) is 2. The molecule has 0 aliphatic carbocycles. The standard InChI is InChI=1S/C12H15BrFNOS/c1-8-5-15-12(7-17(16)6-8)10-3-2-9(14)4-11(10)13/h2-4,8,12,15H,5-7H2,1H3. The van der Waals surface area contributed by atoms with Crippen LogP contribution in [0.5, 0.6) is 0 Å². The summed E-state index contributed by atoms with van der Waals surface area (Å²) in [5.74, 6) is 1.49. The quantitative estimate of drug-likeness (QED) is 0.862. The average Bonchev–Trinajstić information content (AvgIpc) is 2.39. The molecule has 0 bridgehead atoms. The van der Waals surface area contributed by atoms with Crippen molar-refractivity contribution in [2.24, 2.45) is 5.92 Å². The van der Waals surface area contributed by atoms with Crippen molar-refractivity contribution in [2.75, 3.05) is 18.1 Å². The van der Waals surface area contributed by atoms with Crippen LogP contribution in [0.4, 0.5) is 4.39 Å². The summed E-state index contributed by atoms with van der Waals surface area (Å²) >= 11 is 3.36. The number of benzene rings is 1. The summed E-state index contributed by atoms with van der Waals surface area (Å²) in [5.41, 5.74) is 0.980. The van der Waals surface area contributed by atoms with Gasteiger partial charge in [-0.3, -0.25) is 4.21 Å². The fourth-order valence-corrected chi connectivity index (χ4v) is 4.20. The van der Waals surface area contributed by atoms with Crippen LogP contribution in [0.1, 0.15) is 18.5 Å². The average molecular weight is 320 g/mol. The van der Waals surface area contributed by atoms with E-state index in [0.29, 0.717) is 11.7 Å². The van der Waals surface area contributed by atoms with Crippen molar-refractivity contribution in [3.63, 3.8) is 0 Å². The largest absolute Gasteiger partial charge is 0.309 e. The Kier molecular flexibility index (Phi) is 4.33. The smallest absolute Gasteiger partial charge is 0.124 e. The van der Waals surface area contributed by atoms with Crippen molar-refractivity contribution in [3.05, 3.63) is 34.1 Å². The van der Waals surface area contributed by atoms with Gasteiger partial charge < -0.3 is 5.32 Å². The van der Waals surface area contributed by atoms with Crippen LogP contribution < -0.4 is 5.32 Å². The maximum atomic E-state index is 13.0. The van der Waals surface area contributed by atoms with E-state index in [0.717, 1.165) is 22.3 Å². The number of hydrogen-bond donors (Lipinski definition) is 1. The van der Waals surface area contributed by atoms with Crippen molar-refractivity contribution in [1.82, 2.24) is 5.32 Å². The molecule has 1 saturated heterocycles. The van der Waals surface area contributed by atoms with Gasteiger partial charge in [0.05, 0.1) is 0 Å². The van der Waals surface area contributed by atoms with E-state index in [9.17, 15) is 8.60 Å². The van der Waals surface area contributed by atoms with Crippen LogP contribution in [-0.2, 0) is 10.8 Å². The Bertz CT molecular complexity index is 441. The van der Waals surface area contributed by atoms with Crippen molar-refractivity contribution >= 4 is 26.7 Å². The van der Waals surface area contributed by atoms with Crippen molar-refractivity contribution in [3.8, 4) is 0 Å². The van der Waals surface area contributed by atoms with Crippen LogP contribution >= 0.6 is 15.9 Å². The van der Waals surface area contributed by atoms with Gasteiger partial charge in [0.25, 0.3) is 0 Å². The molecule has 94 valence electrons. The Hall–Kier alpha value is -0.260. The lowest BCUT2D eigenvalue weighted by atomic mass is 10.1. The van der Waals surface area contributed by atoms with Gasteiger partial charge >= 0.3 is 0 Å². The first kappa shape index (κ1) is 13.2. The third-order valence-electron chi connectivity index (χ3n) is 2.87. The van der Waals surface area contributed by atoms with E-state index < -0.39 is 10.8 Å². The summed E-state index contributed by atoms with van der Waals surface area (Å²) in [4.78, 5) is 0. The minimum Gasteiger partial charge on any atom is -0.309 e. The lowest BCUT2D eigenvalue weighted by molar-refractivity contribution is 0.515. The highest BCUT2D eigenvalue weighted by Gasteiger charge is 2.23. The zero-order chi connectivity index (χ0) is 12.4. The second kappa shape index (κ2) is 5.59. The Morgan fingerprint density at radius 2 is 2.24 bits per heavy atom. The number of rotatable bonds is 1. The van der Waals surface area contributed by atoms with Crippen molar-refractivity contribution < 1.29 is 8.60 Å². The second-order valence-electron chi connectivity index (χ2n) is 4.51. The molecule has 3 unspecified atom stereocenters. The fraction of sp³-hybridized carbons (Fsp3) is 0.500. The fourth-order valence-electron chi connectivity index (χ4n) is 2.02. The van der Waals surface area contributed by atoms with Crippen LogP contribution in [0.2, 0.25) is 0 Å². The first-order chi connectivity index (χ1) is 8.06. The highest BCUT2D eigenvalue weighted by Crippen LogP contribution is 2.26. The molecule has 1 fully saturated rings. The van der Waals surface area contributed by atoms with Crippen molar-refractivity contribution in [2.45, 2.75) is 13.0 Å². The molecule has 5 heteroatoms. The van der Waals surface area contributed by atoms with E-state index in [4.69, 9.17) is 0 Å². The van der Waals surface area contributed by atoms with Gasteiger partial charge in [-0.1, -0.05) is 28.9 Å². The van der Waals surface area contributed by atoms with Crippen LogP contribution in [0.25, 0.3) is 0 Å². The minimum atomic E-state index is -0.809. The zero-order valence-corrected chi connectivity index (χ0v) is 12.0. The molecular weight excluding hydrogens is 305 g/mol. The third kappa shape index (κ3) is 3.36. The molecule has 1 heterocycles. The van der Waals surface area contributed by atoms with Crippen LogP contribution in [0, 0.1) is 11.7 Å². The predicted molar refractivity (Wildman–Crippen MR) is 71.9 cm³/mol. The van der Waals surface area contributed by atoms with Gasteiger partial charge in [-0.15, -0.1) is 0 Å². The monoisotopic (exact) mass is 319 g/mol. The van der Waals surface area contributed by atoms with Crippen LogP contribution in [0.15, 0.2) is 22.7 Å². The Balaban J connectivity index is 2.23. The molecule has 17 heavy (non-hydrogen) atoms. The molecule has 2 nitrogen and oxygen atoms in total. The van der Waals surface area contributed by atoms with Crippen molar-refractivity contribution in [1.29, 1.82) is 0 Å². The molecule has 1 aromatic carbocycles. The van der Waals surface area contributed by atoms with Gasteiger partial charge in [0.1, 0.15) is 5.82 Å². The molecule has 1 aliphatic rings. The Morgan fingerprint density at radius 1 is 1.47 bits per heavy atom. The van der Waals surface area contributed by atoms with Gasteiger partial charge in [-0.05, 0) is 30.2 Å². The maximum absolute atomic E-state index is 13.0. The molecule has 3 atom stereocenters. The summed E-state index contributed by atoms with van der Waals surface area (Å²) in [5, 5.41) is 3.39. The summed E-state index contributed by atoms with van der Waals surface area (Å²) in [7, 11) is -0.809. The van der Waals surface area contributed by atoms with Crippen LogP contribution in [-0.4, -0.2) is 22.3 Å². The Morgan fingerprint density at radius 3 is 2.94 bits per heavy atom. The van der Waals surface area contributed by atoms with Gasteiger partial charge in [0.15, 0.2) is 0 Å². The first-order valence-corrected chi connectivity index (χ1v) is 7.87.